The van der Waals surface area contributed by atoms with Gasteiger partial charge in [-0.15, -0.1) is 0 Å². The average molecular weight is 879 g/mol. The van der Waals surface area contributed by atoms with Crippen molar-refractivity contribution in [2.45, 2.75) is 211 Å². The van der Waals surface area contributed by atoms with E-state index in [0.29, 0.717) is 44.1 Å². The molecule has 21 atom stereocenters. The molecule has 7 aliphatic rings. The monoisotopic (exact) mass is 879 g/mol. The fourth-order valence-corrected chi connectivity index (χ4v) is 12.8. The smallest absolute Gasteiger partial charge is 0.333 e. The first-order valence-electron chi connectivity index (χ1n) is 23.0. The summed E-state index contributed by atoms with van der Waals surface area (Å²) in [5.41, 5.74) is -0.439. The maximum atomic E-state index is 13.3. The van der Waals surface area contributed by atoms with Crippen LogP contribution in [-0.2, 0) is 57.0 Å². The molecule has 15 unspecified atom stereocenters. The van der Waals surface area contributed by atoms with Gasteiger partial charge in [-0.1, -0.05) is 31.6 Å². The van der Waals surface area contributed by atoms with Crippen molar-refractivity contribution in [3.05, 3.63) is 23.3 Å². The molecule has 4 aliphatic carbocycles. The SMILES string of the molecule is C/C=C(\C)C(=O)O[C@@H]1CC2C(CC=C3C[C@@H](OC4CC(OC)C(OC5CC(OC)C(O[C@@H]6OC(C)C(O)C(OC)C6O)C(C)O5)C(C)O4)CC[C@@]32C)[C@@]2(O)CCC(C(C)=O)[C@@]12C. The van der Waals surface area contributed by atoms with E-state index < -0.39 is 96.9 Å². The minimum absolute atomic E-state index is 0.0391. The second-order valence-corrected chi connectivity index (χ2v) is 19.8. The number of aliphatic hydroxyl groups is 3. The summed E-state index contributed by atoms with van der Waals surface area (Å²) in [6.45, 7) is 15.0. The lowest BCUT2D eigenvalue weighted by Gasteiger charge is -2.63. The number of methoxy groups -OCH3 is 3. The second kappa shape index (κ2) is 18.8. The Morgan fingerprint density at radius 2 is 1.40 bits per heavy atom. The van der Waals surface area contributed by atoms with E-state index in [1.807, 2.05) is 27.7 Å². The van der Waals surface area contributed by atoms with E-state index >= 15 is 0 Å². The van der Waals surface area contributed by atoms with E-state index in [0.717, 1.165) is 19.3 Å². The molecule has 15 nitrogen and oxygen atoms in total. The van der Waals surface area contributed by atoms with Gasteiger partial charge in [-0.3, -0.25) is 4.79 Å². The summed E-state index contributed by atoms with van der Waals surface area (Å²) < 4.78 is 61.8. The predicted molar refractivity (Wildman–Crippen MR) is 223 cm³/mol. The highest BCUT2D eigenvalue weighted by atomic mass is 16.8. The number of carbonyl (C=O) groups is 2. The number of carbonyl (C=O) groups excluding carboxylic acids is 2. The number of aliphatic hydroxyl groups excluding tert-OH is 2. The quantitative estimate of drug-likeness (QED) is 0.139. The molecule has 3 aliphatic heterocycles. The zero-order chi connectivity index (χ0) is 45.1. The molecule has 6 fully saturated rings. The van der Waals surface area contributed by atoms with Crippen molar-refractivity contribution in [2.24, 2.45) is 28.6 Å². The van der Waals surface area contributed by atoms with E-state index in [2.05, 4.69) is 13.0 Å². The zero-order valence-corrected chi connectivity index (χ0v) is 38.7. The van der Waals surface area contributed by atoms with Gasteiger partial charge in [0, 0.05) is 51.1 Å². The van der Waals surface area contributed by atoms with Crippen LogP contribution in [0, 0.1) is 28.6 Å². The molecule has 352 valence electrons. The number of hydrogen-bond acceptors (Lipinski definition) is 15. The Morgan fingerprint density at radius 3 is 2.00 bits per heavy atom. The zero-order valence-electron chi connectivity index (χ0n) is 38.7. The average Bonchev–Trinajstić information content (AvgIpc) is 3.53. The second-order valence-electron chi connectivity index (χ2n) is 19.8. The fourth-order valence-electron chi connectivity index (χ4n) is 12.8. The van der Waals surface area contributed by atoms with Crippen molar-refractivity contribution >= 4 is 11.8 Å². The van der Waals surface area contributed by atoms with Gasteiger partial charge in [-0.05, 0) is 104 Å². The number of fused-ring (bicyclic) bond motifs is 5. The third-order valence-electron chi connectivity index (χ3n) is 16.6. The highest BCUT2D eigenvalue weighted by Gasteiger charge is 2.71. The van der Waals surface area contributed by atoms with Crippen LogP contribution >= 0.6 is 0 Å². The van der Waals surface area contributed by atoms with Gasteiger partial charge in [-0.25, -0.2) is 4.79 Å². The molecule has 3 saturated heterocycles. The van der Waals surface area contributed by atoms with Gasteiger partial charge < -0.3 is 62.7 Å². The maximum Gasteiger partial charge on any atom is 0.333 e. The van der Waals surface area contributed by atoms with Gasteiger partial charge in [0.2, 0.25) is 0 Å². The lowest BCUT2D eigenvalue weighted by molar-refractivity contribution is -0.352. The minimum Gasteiger partial charge on any atom is -0.458 e. The Labute approximate surface area is 367 Å². The van der Waals surface area contributed by atoms with Crippen molar-refractivity contribution in [2.75, 3.05) is 21.3 Å². The first-order chi connectivity index (χ1) is 29.3. The molecule has 0 amide bonds. The van der Waals surface area contributed by atoms with Crippen molar-refractivity contribution in [3.63, 3.8) is 0 Å². The lowest BCUT2D eigenvalue weighted by Crippen LogP contribution is -2.66. The molecule has 0 aromatic heterocycles. The number of rotatable bonds is 12. The molecule has 3 saturated carbocycles. The van der Waals surface area contributed by atoms with Crippen LogP contribution in [0.2, 0.25) is 0 Å². The number of Topliss-reactive ketones (excluding diaryl/α,β-unsaturated/α-hetero) is 1. The van der Waals surface area contributed by atoms with Crippen LogP contribution in [-0.4, -0.2) is 146 Å². The van der Waals surface area contributed by atoms with Gasteiger partial charge in [-0.2, -0.15) is 0 Å². The van der Waals surface area contributed by atoms with Gasteiger partial charge in [0.25, 0.3) is 0 Å². The standard InChI is InChI=1S/C47H74O15/c1-12-23(2)43(51)60-35-20-32-31(47(52)18-16-30(24(3)48)46(35,47)8)14-13-28-19-29(15-17-45(28,32)7)59-36-21-33(53-9)40(26(5)56-36)61-37-22-34(54-10)41(27(6)57-37)62-44-39(50)42(55-11)38(49)25(4)58-44/h12-13,25-27,29-42,44,49-50,52H,14-22H2,1-11H3/b23-12+/t25?,26?,27?,29-,30?,31?,32?,33?,34?,35+,36?,37?,38?,39?,40?,41?,42?,44-,45-,46-,47-/m0/s1. The first-order valence-corrected chi connectivity index (χ1v) is 23.0. The Hall–Kier alpha value is -1.86. The Bertz CT molecular complexity index is 1670. The Kier molecular flexibility index (Phi) is 14.6. The van der Waals surface area contributed by atoms with Crippen molar-refractivity contribution in [1.29, 1.82) is 0 Å². The third-order valence-corrected chi connectivity index (χ3v) is 16.6. The normalized spacial score (nSPS) is 49.6. The van der Waals surface area contributed by atoms with Gasteiger partial charge in [0.05, 0.1) is 42.2 Å². The van der Waals surface area contributed by atoms with Crippen LogP contribution in [0.4, 0.5) is 0 Å². The Balaban J connectivity index is 0.980. The highest BCUT2D eigenvalue weighted by molar-refractivity contribution is 5.88. The van der Waals surface area contributed by atoms with E-state index in [4.69, 9.17) is 47.4 Å². The highest BCUT2D eigenvalue weighted by Crippen LogP contribution is 2.68. The summed E-state index contributed by atoms with van der Waals surface area (Å²) in [6.07, 6.45) is 0.173. The summed E-state index contributed by atoms with van der Waals surface area (Å²) in [5, 5.41) is 34.1. The molecule has 0 bridgehead atoms. The van der Waals surface area contributed by atoms with E-state index in [-0.39, 0.29) is 41.2 Å². The minimum atomic E-state index is -1.22. The molecule has 62 heavy (non-hydrogen) atoms. The summed E-state index contributed by atoms with van der Waals surface area (Å²) in [5.74, 6) is -0.727. The molecular formula is C47H74O15. The molecule has 3 N–H and O–H groups in total. The molecule has 7 rings (SSSR count). The van der Waals surface area contributed by atoms with Crippen molar-refractivity contribution in [1.82, 2.24) is 0 Å². The van der Waals surface area contributed by atoms with Crippen LogP contribution in [0.15, 0.2) is 23.3 Å². The topological polar surface area (TPSA) is 187 Å². The van der Waals surface area contributed by atoms with Crippen LogP contribution in [0.1, 0.15) is 113 Å². The number of ketones is 1. The molecule has 0 radical (unpaired) electrons. The van der Waals surface area contributed by atoms with Gasteiger partial charge >= 0.3 is 5.97 Å². The van der Waals surface area contributed by atoms with Crippen LogP contribution in [0.3, 0.4) is 0 Å². The van der Waals surface area contributed by atoms with Gasteiger partial charge in [0.1, 0.15) is 42.4 Å². The summed E-state index contributed by atoms with van der Waals surface area (Å²) in [7, 11) is 4.68. The van der Waals surface area contributed by atoms with E-state index in [1.165, 1.54) is 12.7 Å². The predicted octanol–water partition coefficient (Wildman–Crippen LogP) is 4.69. The fraction of sp³-hybridized carbons (Fsp3) is 0.872. The molecule has 0 aromatic carbocycles. The largest absolute Gasteiger partial charge is 0.458 e. The summed E-state index contributed by atoms with van der Waals surface area (Å²) in [6, 6.07) is 0. The van der Waals surface area contributed by atoms with E-state index in [9.17, 15) is 24.9 Å². The summed E-state index contributed by atoms with van der Waals surface area (Å²) >= 11 is 0. The molecule has 3 heterocycles. The Morgan fingerprint density at radius 1 is 0.774 bits per heavy atom. The number of esters is 1. The molecule has 15 heteroatoms. The molecular weight excluding hydrogens is 805 g/mol. The number of ether oxygens (including phenoxy) is 10. The van der Waals surface area contributed by atoms with Gasteiger partial charge in [0.15, 0.2) is 18.9 Å². The van der Waals surface area contributed by atoms with Crippen LogP contribution in [0.25, 0.3) is 0 Å². The lowest BCUT2D eigenvalue weighted by atomic mass is 9.45. The van der Waals surface area contributed by atoms with Crippen molar-refractivity contribution in [3.8, 4) is 0 Å². The first kappa shape index (κ1) is 48.1. The molecule has 0 spiro atoms. The van der Waals surface area contributed by atoms with E-state index in [1.54, 1.807) is 41.1 Å². The summed E-state index contributed by atoms with van der Waals surface area (Å²) in [4.78, 5) is 26.4. The third kappa shape index (κ3) is 8.42. The molecule has 0 aromatic rings. The maximum absolute atomic E-state index is 13.3. The van der Waals surface area contributed by atoms with Crippen molar-refractivity contribution < 1.29 is 72.3 Å². The number of allylic oxidation sites excluding steroid dienone is 2. The van der Waals surface area contributed by atoms with Crippen LogP contribution in [0.5, 0.6) is 0 Å². The van der Waals surface area contributed by atoms with Crippen LogP contribution < -0.4 is 0 Å². The number of hydrogen-bond donors (Lipinski definition) is 3.